The molecule has 1 saturated heterocycles. The number of carbonyl (C=O) groups excluding carboxylic acids is 2. The van der Waals surface area contributed by atoms with Crippen molar-refractivity contribution in [2.24, 2.45) is 5.92 Å². The van der Waals surface area contributed by atoms with E-state index in [1.54, 1.807) is 21.9 Å². The Balaban J connectivity index is 1.53. The molecule has 12 heteroatoms. The molecule has 0 atom stereocenters. The number of thiazole rings is 1. The molecular formula is C27H32N4O6S2. The molecular weight excluding hydrogens is 540 g/mol. The molecule has 0 unspecified atom stereocenters. The summed E-state index contributed by atoms with van der Waals surface area (Å²) < 4.78 is 38.7. The van der Waals surface area contributed by atoms with Gasteiger partial charge in [-0.05, 0) is 51.3 Å². The van der Waals surface area contributed by atoms with Gasteiger partial charge in [0, 0.05) is 30.0 Å². The Labute approximate surface area is 232 Å². The van der Waals surface area contributed by atoms with Gasteiger partial charge in [-0.2, -0.15) is 8.42 Å². The van der Waals surface area contributed by atoms with Crippen molar-refractivity contribution in [3.05, 3.63) is 65.5 Å². The van der Waals surface area contributed by atoms with Crippen LogP contribution >= 0.6 is 11.3 Å². The molecule has 4 rings (SSSR count). The van der Waals surface area contributed by atoms with Gasteiger partial charge < -0.3 is 9.64 Å². The van der Waals surface area contributed by atoms with Crippen molar-refractivity contribution in [3.8, 4) is 11.3 Å². The molecule has 2 heterocycles. The maximum absolute atomic E-state index is 13.8. The minimum Gasteiger partial charge on any atom is -0.444 e. The van der Waals surface area contributed by atoms with Crippen LogP contribution in [0.15, 0.2) is 60.0 Å². The Bertz CT molecular complexity index is 1390. The standard InChI is InChI=1S/C27H32N4O6S2/c1-27(2,3)37-26(33)30-15-13-21(14-16-30)24(32)31(17-19-9-11-22(12-10-19)29-39(34,35)36)25-28-23(18-38-25)20-7-5-4-6-8-20/h4-12,18,21,29H,13-17H2,1-3H3,(H,34,35,36). The first kappa shape index (κ1) is 28.5. The number of nitrogens with one attached hydrogen (secondary N) is 1. The Morgan fingerprint density at radius 1 is 1.10 bits per heavy atom. The Morgan fingerprint density at radius 3 is 2.33 bits per heavy atom. The Morgan fingerprint density at radius 2 is 1.74 bits per heavy atom. The second-order valence-electron chi connectivity index (χ2n) is 10.3. The number of amides is 2. The predicted octanol–water partition coefficient (Wildman–Crippen LogP) is 5.21. The maximum atomic E-state index is 13.8. The SMILES string of the molecule is CC(C)(C)OC(=O)N1CCC(C(=O)N(Cc2ccc(NS(=O)(=O)O)cc2)c2nc(-c3ccccc3)cs2)CC1. The van der Waals surface area contributed by atoms with Crippen molar-refractivity contribution in [1.82, 2.24) is 9.88 Å². The minimum absolute atomic E-state index is 0.0899. The van der Waals surface area contributed by atoms with Crippen LogP contribution in [-0.4, -0.2) is 53.5 Å². The summed E-state index contributed by atoms with van der Waals surface area (Å²) in [5.41, 5.74) is 2.08. The highest BCUT2D eigenvalue weighted by atomic mass is 32.2. The first-order valence-corrected chi connectivity index (χ1v) is 14.8. The quantitative estimate of drug-likeness (QED) is 0.372. The molecule has 1 fully saturated rings. The Hall–Kier alpha value is -3.48. The van der Waals surface area contributed by atoms with Crippen molar-refractivity contribution in [2.75, 3.05) is 22.7 Å². The van der Waals surface area contributed by atoms with Crippen LogP contribution in [0.5, 0.6) is 0 Å². The van der Waals surface area contributed by atoms with Crippen LogP contribution in [0.4, 0.5) is 15.6 Å². The van der Waals surface area contributed by atoms with Crippen LogP contribution in [0.2, 0.25) is 0 Å². The first-order valence-electron chi connectivity index (χ1n) is 12.5. The fourth-order valence-corrected chi connectivity index (χ4v) is 5.51. The number of ether oxygens (including phenoxy) is 1. The van der Waals surface area contributed by atoms with E-state index in [1.807, 2.05) is 61.2 Å². The number of piperidine rings is 1. The van der Waals surface area contributed by atoms with Gasteiger partial charge in [0.25, 0.3) is 0 Å². The molecule has 2 amide bonds. The van der Waals surface area contributed by atoms with Gasteiger partial charge in [-0.1, -0.05) is 42.5 Å². The highest BCUT2D eigenvalue weighted by Crippen LogP contribution is 2.31. The van der Waals surface area contributed by atoms with Crippen LogP contribution in [0.25, 0.3) is 11.3 Å². The fourth-order valence-electron chi connectivity index (χ4n) is 4.24. The summed E-state index contributed by atoms with van der Waals surface area (Å²) >= 11 is 1.37. The summed E-state index contributed by atoms with van der Waals surface area (Å²) in [7, 11) is -4.39. The van der Waals surface area contributed by atoms with Crippen molar-refractivity contribution < 1.29 is 27.3 Å². The monoisotopic (exact) mass is 572 g/mol. The fraction of sp³-hybridized carbons (Fsp3) is 0.370. The number of carbonyl (C=O) groups is 2. The van der Waals surface area contributed by atoms with E-state index in [9.17, 15) is 18.0 Å². The average Bonchev–Trinajstić information content (AvgIpc) is 3.37. The summed E-state index contributed by atoms with van der Waals surface area (Å²) in [6.07, 6.45) is 0.627. The van der Waals surface area contributed by atoms with Gasteiger partial charge >= 0.3 is 16.4 Å². The summed E-state index contributed by atoms with van der Waals surface area (Å²) in [6.45, 7) is 6.52. The molecule has 1 aromatic heterocycles. The third-order valence-corrected chi connectivity index (χ3v) is 7.45. The number of benzene rings is 2. The summed E-state index contributed by atoms with van der Waals surface area (Å²) in [4.78, 5) is 34.4. The molecule has 0 saturated carbocycles. The summed E-state index contributed by atoms with van der Waals surface area (Å²) in [5, 5.41) is 2.46. The maximum Gasteiger partial charge on any atom is 0.410 e. The van der Waals surface area contributed by atoms with Gasteiger partial charge in [0.2, 0.25) is 5.91 Å². The van der Waals surface area contributed by atoms with Crippen molar-refractivity contribution in [3.63, 3.8) is 0 Å². The highest BCUT2D eigenvalue weighted by molar-refractivity contribution is 7.87. The molecule has 0 aliphatic carbocycles. The number of anilines is 2. The van der Waals surface area contributed by atoms with Gasteiger partial charge in [-0.15, -0.1) is 11.3 Å². The van der Waals surface area contributed by atoms with Crippen LogP contribution < -0.4 is 9.62 Å². The molecule has 1 aliphatic heterocycles. The van der Waals surface area contributed by atoms with E-state index in [1.165, 1.54) is 23.5 Å². The third-order valence-electron chi connectivity index (χ3n) is 6.10. The van der Waals surface area contributed by atoms with Crippen LogP contribution in [0.3, 0.4) is 0 Å². The van der Waals surface area contributed by atoms with E-state index >= 15 is 0 Å². The molecule has 39 heavy (non-hydrogen) atoms. The smallest absolute Gasteiger partial charge is 0.410 e. The molecule has 0 spiro atoms. The van der Waals surface area contributed by atoms with Crippen LogP contribution in [0.1, 0.15) is 39.2 Å². The van der Waals surface area contributed by atoms with Gasteiger partial charge in [0.15, 0.2) is 5.13 Å². The number of aromatic nitrogens is 1. The topological polar surface area (TPSA) is 129 Å². The highest BCUT2D eigenvalue weighted by Gasteiger charge is 2.33. The summed E-state index contributed by atoms with van der Waals surface area (Å²) in [6, 6.07) is 16.1. The van der Waals surface area contributed by atoms with Crippen LogP contribution in [0, 0.1) is 5.92 Å². The van der Waals surface area contributed by atoms with Gasteiger partial charge in [0.05, 0.1) is 17.9 Å². The van der Waals surface area contributed by atoms with E-state index in [0.717, 1.165) is 16.8 Å². The molecule has 1 aliphatic rings. The van der Waals surface area contributed by atoms with E-state index in [-0.39, 0.29) is 30.2 Å². The molecule has 0 bridgehead atoms. The lowest BCUT2D eigenvalue weighted by Crippen LogP contribution is -2.45. The van der Waals surface area contributed by atoms with E-state index in [2.05, 4.69) is 0 Å². The molecule has 2 aromatic carbocycles. The molecule has 208 valence electrons. The minimum atomic E-state index is -4.39. The largest absolute Gasteiger partial charge is 0.444 e. The molecule has 10 nitrogen and oxygen atoms in total. The normalized spacial score (nSPS) is 14.6. The second kappa shape index (κ2) is 11.7. The zero-order valence-electron chi connectivity index (χ0n) is 22.0. The predicted molar refractivity (Wildman–Crippen MR) is 151 cm³/mol. The number of likely N-dealkylation sites (tertiary alicyclic amines) is 1. The zero-order valence-corrected chi connectivity index (χ0v) is 23.7. The third kappa shape index (κ3) is 8.01. The number of hydrogen-bond donors (Lipinski definition) is 2. The lowest BCUT2D eigenvalue weighted by atomic mass is 9.95. The number of rotatable bonds is 7. The van der Waals surface area contributed by atoms with Crippen molar-refractivity contribution in [2.45, 2.75) is 45.8 Å². The average molecular weight is 573 g/mol. The lowest BCUT2D eigenvalue weighted by molar-refractivity contribution is -0.124. The van der Waals surface area contributed by atoms with E-state index in [0.29, 0.717) is 31.1 Å². The summed E-state index contributed by atoms with van der Waals surface area (Å²) in [5.74, 6) is -0.388. The number of hydrogen-bond acceptors (Lipinski definition) is 7. The van der Waals surface area contributed by atoms with Crippen LogP contribution in [-0.2, 0) is 26.4 Å². The van der Waals surface area contributed by atoms with Gasteiger partial charge in [-0.3, -0.25) is 19.0 Å². The molecule has 3 aromatic rings. The lowest BCUT2D eigenvalue weighted by Gasteiger charge is -2.34. The number of nitrogens with zero attached hydrogens (tertiary/aromatic N) is 3. The molecule has 2 N–H and O–H groups in total. The van der Waals surface area contributed by atoms with E-state index < -0.39 is 15.9 Å². The Kier molecular flexibility index (Phi) is 8.57. The van der Waals surface area contributed by atoms with Gasteiger partial charge in [-0.25, -0.2) is 9.78 Å². The first-order chi connectivity index (χ1) is 18.4. The molecule has 0 radical (unpaired) electrons. The van der Waals surface area contributed by atoms with Crippen molar-refractivity contribution >= 4 is 44.5 Å². The second-order valence-corrected chi connectivity index (χ2v) is 12.3. The zero-order chi connectivity index (χ0) is 28.2. The van der Waals surface area contributed by atoms with Gasteiger partial charge in [0.1, 0.15) is 5.60 Å². The van der Waals surface area contributed by atoms with E-state index in [4.69, 9.17) is 14.3 Å². The van der Waals surface area contributed by atoms with Crippen molar-refractivity contribution in [1.29, 1.82) is 0 Å².